The molecule has 1 aliphatic rings. The van der Waals surface area contributed by atoms with Crippen LogP contribution in [0.2, 0.25) is 0 Å². The summed E-state index contributed by atoms with van der Waals surface area (Å²) in [7, 11) is 0. The molecular weight excluding hydrogens is 331 g/mol. The number of nitrogens with one attached hydrogen (secondary N) is 2. The second-order valence-electron chi connectivity index (χ2n) is 6.19. The second kappa shape index (κ2) is 5.61. The second-order valence-corrected chi connectivity index (χ2v) is 6.19. The molecule has 1 heterocycles. The van der Waals surface area contributed by atoms with Gasteiger partial charge in [-0.15, -0.1) is 0 Å². The number of carbonyl (C=O) groups is 1. The zero-order valence-corrected chi connectivity index (χ0v) is 13.0. The van der Waals surface area contributed by atoms with E-state index >= 15 is 0 Å². The summed E-state index contributed by atoms with van der Waals surface area (Å²) >= 11 is 0. The molecule has 4 rings (SSSR count). The molecule has 1 fully saturated rings. The van der Waals surface area contributed by atoms with Crippen LogP contribution in [0.1, 0.15) is 23.5 Å². The Bertz CT molecular complexity index is 948. The summed E-state index contributed by atoms with van der Waals surface area (Å²) in [5.41, 5.74) is 0.914. The zero-order valence-electron chi connectivity index (χ0n) is 13.0. The summed E-state index contributed by atoms with van der Waals surface area (Å²) in [6.45, 7) is 0. The van der Waals surface area contributed by atoms with Crippen molar-refractivity contribution in [3.05, 3.63) is 59.8 Å². The summed E-state index contributed by atoms with van der Waals surface area (Å²) in [5.74, 6) is -1.10. The fourth-order valence-corrected chi connectivity index (χ4v) is 3.16. The van der Waals surface area contributed by atoms with E-state index < -0.39 is 23.6 Å². The van der Waals surface area contributed by atoms with Crippen LogP contribution >= 0.6 is 0 Å². The van der Waals surface area contributed by atoms with Crippen LogP contribution in [0.25, 0.3) is 10.9 Å². The van der Waals surface area contributed by atoms with E-state index in [0.717, 1.165) is 17.0 Å². The van der Waals surface area contributed by atoms with E-state index in [0.29, 0.717) is 12.1 Å². The molecule has 0 bridgehead atoms. The van der Waals surface area contributed by atoms with E-state index in [4.69, 9.17) is 0 Å². The Labute approximate surface area is 141 Å². The van der Waals surface area contributed by atoms with Gasteiger partial charge in [0.25, 0.3) is 0 Å². The lowest BCUT2D eigenvalue weighted by Gasteiger charge is -2.12. The molecule has 1 aromatic heterocycles. The Morgan fingerprint density at radius 1 is 1.20 bits per heavy atom. The highest BCUT2D eigenvalue weighted by atomic mass is 19.4. The number of aromatic amines is 1. The van der Waals surface area contributed by atoms with Gasteiger partial charge in [0.1, 0.15) is 0 Å². The number of hydrogen-bond acceptors (Lipinski definition) is 2. The van der Waals surface area contributed by atoms with E-state index in [1.54, 1.807) is 24.4 Å². The molecule has 1 aliphatic carbocycles. The molecule has 128 valence electrons. The topological polar surface area (TPSA) is 57.8 Å². The maximum absolute atomic E-state index is 13.1. The average molecular weight is 345 g/mol. The van der Waals surface area contributed by atoms with Crippen molar-refractivity contribution in [2.24, 2.45) is 5.92 Å². The van der Waals surface area contributed by atoms with Gasteiger partial charge in [-0.25, -0.2) is 0 Å². The molecule has 2 atom stereocenters. The van der Waals surface area contributed by atoms with Crippen molar-refractivity contribution in [1.82, 2.24) is 10.2 Å². The molecule has 1 amide bonds. The predicted molar refractivity (Wildman–Crippen MR) is 87.0 cm³/mol. The van der Waals surface area contributed by atoms with Crippen molar-refractivity contribution in [2.45, 2.75) is 18.5 Å². The first-order valence-electron chi connectivity index (χ1n) is 7.83. The predicted octanol–water partition coefficient (Wildman–Crippen LogP) is 4.32. The van der Waals surface area contributed by atoms with Crippen molar-refractivity contribution in [3.63, 3.8) is 0 Å². The van der Waals surface area contributed by atoms with Gasteiger partial charge in [0.2, 0.25) is 5.91 Å². The molecule has 2 aromatic carbocycles. The molecule has 7 heteroatoms. The fourth-order valence-electron chi connectivity index (χ4n) is 3.16. The summed E-state index contributed by atoms with van der Waals surface area (Å²) < 4.78 is 39.4. The van der Waals surface area contributed by atoms with E-state index in [1.165, 1.54) is 12.1 Å². The van der Waals surface area contributed by atoms with Gasteiger partial charge in [-0.05, 0) is 42.2 Å². The van der Waals surface area contributed by atoms with Crippen molar-refractivity contribution in [1.29, 1.82) is 0 Å². The van der Waals surface area contributed by atoms with Crippen LogP contribution in [0, 0.1) is 5.92 Å². The standard InChI is InChI=1S/C18H14F3N3O/c19-18(20,21)15-4-2-1-3-12(15)13-8-14(13)17(25)23-11-6-5-10-9-22-24-16(10)7-11/h1-7,9,13-14H,8H2,(H,22,24)(H,23,25). The van der Waals surface area contributed by atoms with E-state index in [-0.39, 0.29) is 11.5 Å². The number of alkyl halides is 3. The van der Waals surface area contributed by atoms with E-state index in [9.17, 15) is 18.0 Å². The lowest BCUT2D eigenvalue weighted by atomic mass is 10.0. The Hall–Kier alpha value is -2.83. The highest BCUT2D eigenvalue weighted by Gasteiger charge is 2.47. The molecule has 3 aromatic rings. The lowest BCUT2D eigenvalue weighted by molar-refractivity contribution is -0.138. The largest absolute Gasteiger partial charge is 0.416 e. The van der Waals surface area contributed by atoms with E-state index in [1.807, 2.05) is 6.07 Å². The van der Waals surface area contributed by atoms with Crippen molar-refractivity contribution in [3.8, 4) is 0 Å². The molecule has 4 nitrogen and oxygen atoms in total. The number of fused-ring (bicyclic) bond motifs is 1. The Morgan fingerprint density at radius 2 is 2.00 bits per heavy atom. The number of anilines is 1. The maximum Gasteiger partial charge on any atom is 0.416 e. The van der Waals surface area contributed by atoms with Gasteiger partial charge in [0.05, 0.1) is 17.3 Å². The lowest BCUT2D eigenvalue weighted by Crippen LogP contribution is -2.15. The fraction of sp³-hybridized carbons (Fsp3) is 0.222. The number of nitrogens with zero attached hydrogens (tertiary/aromatic N) is 1. The van der Waals surface area contributed by atoms with Gasteiger partial charge in [0, 0.05) is 17.0 Å². The minimum atomic E-state index is -4.41. The third kappa shape index (κ3) is 2.97. The molecular formula is C18H14F3N3O. The van der Waals surface area contributed by atoms with Crippen molar-refractivity contribution in [2.75, 3.05) is 5.32 Å². The number of benzene rings is 2. The third-order valence-corrected chi connectivity index (χ3v) is 4.50. The third-order valence-electron chi connectivity index (χ3n) is 4.50. The Morgan fingerprint density at radius 3 is 2.80 bits per heavy atom. The molecule has 0 aliphatic heterocycles. The molecule has 1 saturated carbocycles. The van der Waals surface area contributed by atoms with Gasteiger partial charge >= 0.3 is 6.18 Å². The number of rotatable bonds is 3. The summed E-state index contributed by atoms with van der Waals surface area (Å²) in [6.07, 6.45) is -2.32. The summed E-state index contributed by atoms with van der Waals surface area (Å²) in [5, 5.41) is 10.4. The first-order valence-corrected chi connectivity index (χ1v) is 7.83. The Balaban J connectivity index is 1.50. The monoisotopic (exact) mass is 345 g/mol. The van der Waals surface area contributed by atoms with Gasteiger partial charge in [-0.1, -0.05) is 18.2 Å². The SMILES string of the molecule is O=C(Nc1ccc2cn[nH]c2c1)C1CC1c1ccccc1C(F)(F)F. The zero-order chi connectivity index (χ0) is 17.6. The average Bonchev–Trinajstić information content (AvgIpc) is 3.25. The molecule has 2 unspecified atom stereocenters. The minimum absolute atomic E-state index is 0.194. The van der Waals surface area contributed by atoms with Crippen LogP contribution in [-0.2, 0) is 11.0 Å². The normalized spacial score (nSPS) is 19.8. The highest BCUT2D eigenvalue weighted by Crippen LogP contribution is 2.51. The van der Waals surface area contributed by atoms with Crippen molar-refractivity contribution < 1.29 is 18.0 Å². The van der Waals surface area contributed by atoms with Crippen LogP contribution in [0.5, 0.6) is 0 Å². The van der Waals surface area contributed by atoms with Crippen LogP contribution in [0.4, 0.5) is 18.9 Å². The number of aromatic nitrogens is 2. The summed E-state index contributed by atoms with van der Waals surface area (Å²) in [4.78, 5) is 12.4. The molecule has 0 saturated heterocycles. The smallest absolute Gasteiger partial charge is 0.326 e. The molecule has 2 N–H and O–H groups in total. The number of carbonyl (C=O) groups excluding carboxylic acids is 1. The summed E-state index contributed by atoms with van der Waals surface area (Å²) in [6, 6.07) is 10.8. The van der Waals surface area contributed by atoms with Gasteiger partial charge in [-0.2, -0.15) is 18.3 Å². The highest BCUT2D eigenvalue weighted by molar-refractivity contribution is 5.97. The molecule has 25 heavy (non-hydrogen) atoms. The molecule has 0 spiro atoms. The Kier molecular flexibility index (Phi) is 3.52. The van der Waals surface area contributed by atoms with Crippen molar-refractivity contribution >= 4 is 22.5 Å². The number of amides is 1. The number of halogens is 3. The van der Waals surface area contributed by atoms with Crippen LogP contribution in [0.15, 0.2) is 48.7 Å². The first kappa shape index (κ1) is 15.7. The maximum atomic E-state index is 13.1. The van der Waals surface area contributed by atoms with Gasteiger partial charge in [0.15, 0.2) is 0 Å². The van der Waals surface area contributed by atoms with Gasteiger partial charge in [-0.3, -0.25) is 9.89 Å². The number of hydrogen-bond donors (Lipinski definition) is 2. The first-order chi connectivity index (χ1) is 11.9. The molecule has 0 radical (unpaired) electrons. The van der Waals surface area contributed by atoms with E-state index in [2.05, 4.69) is 15.5 Å². The van der Waals surface area contributed by atoms with Crippen LogP contribution in [0.3, 0.4) is 0 Å². The minimum Gasteiger partial charge on any atom is -0.326 e. The quantitative estimate of drug-likeness (QED) is 0.743. The van der Waals surface area contributed by atoms with Crippen LogP contribution in [-0.4, -0.2) is 16.1 Å². The van der Waals surface area contributed by atoms with Gasteiger partial charge < -0.3 is 5.32 Å². The van der Waals surface area contributed by atoms with Crippen LogP contribution < -0.4 is 5.32 Å². The number of H-pyrrole nitrogens is 1.